The molecule has 0 saturated heterocycles. The maximum absolute atomic E-state index is 11.7. The van der Waals surface area contributed by atoms with E-state index in [0.717, 1.165) is 0 Å². The molecule has 1 aliphatic heterocycles. The molecule has 110 valence electrons. The summed E-state index contributed by atoms with van der Waals surface area (Å²) in [6, 6.07) is 5.30. The predicted molar refractivity (Wildman–Crippen MR) is 74.9 cm³/mol. The zero-order valence-electron chi connectivity index (χ0n) is 12.0. The summed E-state index contributed by atoms with van der Waals surface area (Å²) in [5.41, 5.74) is 2.97. The molecule has 0 fully saturated rings. The summed E-state index contributed by atoms with van der Waals surface area (Å²) < 4.78 is 10.9. The van der Waals surface area contributed by atoms with Crippen LogP contribution in [0.5, 0.6) is 11.5 Å². The lowest BCUT2D eigenvalue weighted by molar-refractivity contribution is -0.122. The number of hydroxylamine groups is 1. The molecule has 6 heteroatoms. The normalized spacial score (nSPS) is 13.9. The third-order valence-electron chi connectivity index (χ3n) is 2.44. The molecular weight excluding hydrogens is 260 g/mol. The van der Waals surface area contributed by atoms with Crippen molar-refractivity contribution in [2.45, 2.75) is 26.4 Å². The second-order valence-electron chi connectivity index (χ2n) is 5.44. The van der Waals surface area contributed by atoms with Crippen LogP contribution in [0.25, 0.3) is 0 Å². The number of benzene rings is 1. The Labute approximate surface area is 118 Å². The highest BCUT2D eigenvalue weighted by Gasteiger charge is 2.14. The SMILES string of the molecule is CC(C)(C)ONCC(=O)Nc1ccc2c(c1)OCCO2. The zero-order chi connectivity index (χ0) is 14.6. The number of rotatable bonds is 4. The number of hydrogen-bond acceptors (Lipinski definition) is 5. The first-order valence-electron chi connectivity index (χ1n) is 6.54. The van der Waals surface area contributed by atoms with Gasteiger partial charge in [-0.3, -0.25) is 9.63 Å². The number of nitrogens with one attached hydrogen (secondary N) is 2. The van der Waals surface area contributed by atoms with Crippen LogP contribution in [-0.2, 0) is 9.63 Å². The molecule has 1 aromatic carbocycles. The summed E-state index contributed by atoms with van der Waals surface area (Å²) in [7, 11) is 0. The van der Waals surface area contributed by atoms with E-state index in [1.165, 1.54) is 0 Å². The van der Waals surface area contributed by atoms with E-state index >= 15 is 0 Å². The number of anilines is 1. The van der Waals surface area contributed by atoms with Crippen LogP contribution in [0.4, 0.5) is 5.69 Å². The van der Waals surface area contributed by atoms with Crippen LogP contribution in [0.2, 0.25) is 0 Å². The number of ether oxygens (including phenoxy) is 2. The van der Waals surface area contributed by atoms with E-state index in [-0.39, 0.29) is 18.1 Å². The van der Waals surface area contributed by atoms with E-state index in [1.54, 1.807) is 18.2 Å². The second kappa shape index (κ2) is 6.11. The van der Waals surface area contributed by atoms with Gasteiger partial charge in [-0.25, -0.2) is 0 Å². The van der Waals surface area contributed by atoms with E-state index in [4.69, 9.17) is 14.3 Å². The van der Waals surface area contributed by atoms with Crippen LogP contribution in [-0.4, -0.2) is 31.3 Å². The Morgan fingerprint density at radius 1 is 1.25 bits per heavy atom. The fourth-order valence-corrected chi connectivity index (χ4v) is 1.64. The molecule has 0 bridgehead atoms. The largest absolute Gasteiger partial charge is 0.486 e. The van der Waals surface area contributed by atoms with Gasteiger partial charge in [0.1, 0.15) is 19.8 Å². The number of fused-ring (bicyclic) bond motifs is 1. The van der Waals surface area contributed by atoms with Crippen molar-refractivity contribution in [2.75, 3.05) is 25.1 Å². The van der Waals surface area contributed by atoms with Crippen LogP contribution in [0, 0.1) is 0 Å². The Kier molecular flexibility index (Phi) is 4.46. The van der Waals surface area contributed by atoms with Gasteiger partial charge in [-0.05, 0) is 32.9 Å². The number of carbonyl (C=O) groups is 1. The fourth-order valence-electron chi connectivity index (χ4n) is 1.64. The molecule has 1 amide bonds. The van der Waals surface area contributed by atoms with Gasteiger partial charge in [0.15, 0.2) is 11.5 Å². The third kappa shape index (κ3) is 4.40. The summed E-state index contributed by atoms with van der Waals surface area (Å²) in [5.74, 6) is 1.15. The van der Waals surface area contributed by atoms with Gasteiger partial charge in [-0.2, -0.15) is 5.48 Å². The monoisotopic (exact) mass is 280 g/mol. The lowest BCUT2D eigenvalue weighted by Crippen LogP contribution is -2.34. The average molecular weight is 280 g/mol. The van der Waals surface area contributed by atoms with Crippen molar-refractivity contribution in [1.82, 2.24) is 5.48 Å². The van der Waals surface area contributed by atoms with Gasteiger partial charge >= 0.3 is 0 Å². The van der Waals surface area contributed by atoms with Crippen molar-refractivity contribution in [2.24, 2.45) is 0 Å². The lowest BCUT2D eigenvalue weighted by atomic mass is 10.2. The molecule has 6 nitrogen and oxygen atoms in total. The van der Waals surface area contributed by atoms with Gasteiger partial charge in [-0.1, -0.05) is 0 Å². The van der Waals surface area contributed by atoms with Crippen molar-refractivity contribution >= 4 is 11.6 Å². The molecule has 2 N–H and O–H groups in total. The quantitative estimate of drug-likeness (QED) is 0.822. The average Bonchev–Trinajstić information content (AvgIpc) is 2.37. The minimum atomic E-state index is -0.336. The first-order chi connectivity index (χ1) is 9.44. The minimum absolute atomic E-state index is 0.0751. The summed E-state index contributed by atoms with van der Waals surface area (Å²) in [5, 5.41) is 2.76. The smallest absolute Gasteiger partial charge is 0.240 e. The Morgan fingerprint density at radius 2 is 1.95 bits per heavy atom. The summed E-state index contributed by atoms with van der Waals surface area (Å²) in [4.78, 5) is 17.0. The molecule has 1 heterocycles. The van der Waals surface area contributed by atoms with Crippen LogP contribution in [0.3, 0.4) is 0 Å². The second-order valence-corrected chi connectivity index (χ2v) is 5.44. The van der Waals surface area contributed by atoms with E-state index in [1.807, 2.05) is 20.8 Å². The van der Waals surface area contributed by atoms with Crippen molar-refractivity contribution in [1.29, 1.82) is 0 Å². The highest BCUT2D eigenvalue weighted by Crippen LogP contribution is 2.32. The molecular formula is C14H20N2O4. The Morgan fingerprint density at radius 3 is 2.65 bits per heavy atom. The number of amides is 1. The summed E-state index contributed by atoms with van der Waals surface area (Å²) in [6.45, 7) is 6.85. The van der Waals surface area contributed by atoms with Crippen molar-refractivity contribution in [3.8, 4) is 11.5 Å². The molecule has 0 saturated carbocycles. The van der Waals surface area contributed by atoms with Gasteiger partial charge in [0, 0.05) is 11.8 Å². The van der Waals surface area contributed by atoms with E-state index in [2.05, 4.69) is 10.8 Å². The topological polar surface area (TPSA) is 68.8 Å². The first-order valence-corrected chi connectivity index (χ1v) is 6.54. The molecule has 1 aromatic rings. The van der Waals surface area contributed by atoms with Gasteiger partial charge in [0.05, 0.1) is 5.60 Å². The highest BCUT2D eigenvalue weighted by atomic mass is 16.7. The highest BCUT2D eigenvalue weighted by molar-refractivity contribution is 5.92. The van der Waals surface area contributed by atoms with Crippen molar-refractivity contribution in [3.05, 3.63) is 18.2 Å². The zero-order valence-corrected chi connectivity index (χ0v) is 12.0. The Hall–Kier alpha value is -1.79. The predicted octanol–water partition coefficient (Wildman–Crippen LogP) is 1.72. The molecule has 0 aromatic heterocycles. The van der Waals surface area contributed by atoms with Gasteiger partial charge in [0.25, 0.3) is 0 Å². The van der Waals surface area contributed by atoms with Gasteiger partial charge in [-0.15, -0.1) is 0 Å². The molecule has 2 rings (SSSR count). The standard InChI is InChI=1S/C14H20N2O4/c1-14(2,3)20-15-9-13(17)16-10-4-5-11-12(8-10)19-7-6-18-11/h4-5,8,15H,6-7,9H2,1-3H3,(H,16,17). The molecule has 0 radical (unpaired) electrons. The van der Waals surface area contributed by atoms with E-state index < -0.39 is 0 Å². The molecule has 0 spiro atoms. The van der Waals surface area contributed by atoms with Crippen molar-refractivity contribution in [3.63, 3.8) is 0 Å². The lowest BCUT2D eigenvalue weighted by Gasteiger charge is -2.20. The fraction of sp³-hybridized carbons (Fsp3) is 0.500. The summed E-state index contributed by atoms with van der Waals surface area (Å²) in [6.07, 6.45) is 0. The number of hydrogen-bond donors (Lipinski definition) is 2. The molecule has 20 heavy (non-hydrogen) atoms. The molecule has 0 atom stereocenters. The maximum Gasteiger partial charge on any atom is 0.240 e. The van der Waals surface area contributed by atoms with E-state index in [9.17, 15) is 4.79 Å². The number of carbonyl (C=O) groups excluding carboxylic acids is 1. The van der Waals surface area contributed by atoms with Crippen molar-refractivity contribution < 1.29 is 19.1 Å². The maximum atomic E-state index is 11.7. The van der Waals surface area contributed by atoms with Crippen LogP contribution >= 0.6 is 0 Å². The van der Waals surface area contributed by atoms with Crippen LogP contribution < -0.4 is 20.3 Å². The van der Waals surface area contributed by atoms with Crippen LogP contribution in [0.1, 0.15) is 20.8 Å². The third-order valence-corrected chi connectivity index (χ3v) is 2.44. The molecule has 0 aliphatic carbocycles. The van der Waals surface area contributed by atoms with Gasteiger partial charge < -0.3 is 14.8 Å². The summed E-state index contributed by atoms with van der Waals surface area (Å²) >= 11 is 0. The Bertz CT molecular complexity index is 483. The van der Waals surface area contributed by atoms with E-state index in [0.29, 0.717) is 30.4 Å². The molecule has 1 aliphatic rings. The van der Waals surface area contributed by atoms with Crippen LogP contribution in [0.15, 0.2) is 18.2 Å². The van der Waals surface area contributed by atoms with Gasteiger partial charge in [0.2, 0.25) is 5.91 Å². The molecule has 0 unspecified atom stereocenters. The minimum Gasteiger partial charge on any atom is -0.486 e. The Balaban J connectivity index is 1.85. The first kappa shape index (κ1) is 14.6.